The van der Waals surface area contributed by atoms with Crippen LogP contribution in [0.5, 0.6) is 0 Å². The van der Waals surface area contributed by atoms with Gasteiger partial charge in [-0.3, -0.25) is 4.90 Å². The monoisotopic (exact) mass is 205 g/mol. The molecule has 2 rings (SSSR count). The van der Waals surface area contributed by atoms with Gasteiger partial charge in [0.1, 0.15) is 6.33 Å². The van der Waals surface area contributed by atoms with Crippen molar-refractivity contribution in [1.29, 1.82) is 0 Å². The highest BCUT2D eigenvalue weighted by Gasteiger charge is 2.17. The summed E-state index contributed by atoms with van der Waals surface area (Å²) in [7, 11) is 0. The number of aromatic nitrogens is 2. The maximum atomic E-state index is 4.04. The zero-order chi connectivity index (χ0) is 10.5. The summed E-state index contributed by atoms with van der Waals surface area (Å²) in [6, 6.07) is 0. The fourth-order valence-electron chi connectivity index (χ4n) is 2.22. The molecular formula is C12H19N3. The first-order valence-electron chi connectivity index (χ1n) is 5.84. The van der Waals surface area contributed by atoms with Crippen molar-refractivity contribution in [1.82, 2.24) is 14.9 Å². The van der Waals surface area contributed by atoms with Crippen molar-refractivity contribution < 1.29 is 0 Å². The Morgan fingerprint density at radius 3 is 2.53 bits per heavy atom. The molecule has 1 aliphatic heterocycles. The highest BCUT2D eigenvalue weighted by molar-refractivity contribution is 5.02. The van der Waals surface area contributed by atoms with Gasteiger partial charge < -0.3 is 0 Å². The molecule has 82 valence electrons. The minimum Gasteiger partial charge on any atom is -0.299 e. The number of rotatable bonds is 3. The summed E-state index contributed by atoms with van der Waals surface area (Å²) >= 11 is 0. The molecule has 0 unspecified atom stereocenters. The average molecular weight is 205 g/mol. The second kappa shape index (κ2) is 5.21. The van der Waals surface area contributed by atoms with E-state index in [4.69, 9.17) is 0 Å². The minimum atomic E-state index is 0.952. The topological polar surface area (TPSA) is 29.0 Å². The summed E-state index contributed by atoms with van der Waals surface area (Å²) in [6.07, 6.45) is 9.46. The Balaban J connectivity index is 1.82. The standard InChI is InChI=1S/C12H19N3/c1-2-11-3-5-15(6-4-11)9-12-7-13-10-14-8-12/h7-8,10-11H,2-6,9H2,1H3. The summed E-state index contributed by atoms with van der Waals surface area (Å²) in [5, 5.41) is 0. The first-order valence-corrected chi connectivity index (χ1v) is 5.84. The predicted octanol–water partition coefficient (Wildman–Crippen LogP) is 2.10. The van der Waals surface area contributed by atoms with Gasteiger partial charge in [0, 0.05) is 24.5 Å². The molecule has 3 heteroatoms. The van der Waals surface area contributed by atoms with Crippen LogP contribution in [0.1, 0.15) is 31.7 Å². The smallest absolute Gasteiger partial charge is 0.115 e. The number of piperidine rings is 1. The molecule has 0 atom stereocenters. The third kappa shape index (κ3) is 2.99. The molecule has 15 heavy (non-hydrogen) atoms. The lowest BCUT2D eigenvalue weighted by Crippen LogP contribution is -2.33. The Morgan fingerprint density at radius 1 is 1.27 bits per heavy atom. The van der Waals surface area contributed by atoms with Crippen LogP contribution in [0.2, 0.25) is 0 Å². The van der Waals surface area contributed by atoms with Crippen LogP contribution in [0.25, 0.3) is 0 Å². The maximum absolute atomic E-state index is 4.04. The second-order valence-corrected chi connectivity index (χ2v) is 4.37. The molecule has 0 bridgehead atoms. The molecule has 0 radical (unpaired) electrons. The molecule has 0 N–H and O–H groups in total. The summed E-state index contributed by atoms with van der Waals surface area (Å²) in [4.78, 5) is 10.6. The quantitative estimate of drug-likeness (QED) is 0.756. The van der Waals surface area contributed by atoms with Gasteiger partial charge in [0.2, 0.25) is 0 Å². The van der Waals surface area contributed by atoms with Gasteiger partial charge in [0.15, 0.2) is 0 Å². The molecule has 0 amide bonds. The van der Waals surface area contributed by atoms with Gasteiger partial charge in [-0.05, 0) is 31.8 Å². The molecule has 1 fully saturated rings. The van der Waals surface area contributed by atoms with Crippen molar-refractivity contribution in [2.75, 3.05) is 13.1 Å². The van der Waals surface area contributed by atoms with Crippen LogP contribution in [0.4, 0.5) is 0 Å². The largest absolute Gasteiger partial charge is 0.299 e. The summed E-state index contributed by atoms with van der Waals surface area (Å²) in [5.41, 5.74) is 1.23. The van der Waals surface area contributed by atoms with Crippen LogP contribution in [0.3, 0.4) is 0 Å². The van der Waals surface area contributed by atoms with Gasteiger partial charge in [0.05, 0.1) is 0 Å². The lowest BCUT2D eigenvalue weighted by Gasteiger charge is -2.31. The predicted molar refractivity (Wildman–Crippen MR) is 60.3 cm³/mol. The van der Waals surface area contributed by atoms with E-state index in [9.17, 15) is 0 Å². The molecule has 3 nitrogen and oxygen atoms in total. The normalized spacial score (nSPS) is 19.3. The second-order valence-electron chi connectivity index (χ2n) is 4.37. The molecule has 0 aromatic carbocycles. The molecule has 0 saturated carbocycles. The van der Waals surface area contributed by atoms with Crippen molar-refractivity contribution in [2.24, 2.45) is 5.92 Å². The van der Waals surface area contributed by atoms with E-state index in [-0.39, 0.29) is 0 Å². The van der Waals surface area contributed by atoms with Gasteiger partial charge >= 0.3 is 0 Å². The van der Waals surface area contributed by atoms with Crippen molar-refractivity contribution in [3.63, 3.8) is 0 Å². The molecule has 1 aromatic heterocycles. The number of nitrogens with zero attached hydrogens (tertiary/aromatic N) is 3. The van der Waals surface area contributed by atoms with Crippen molar-refractivity contribution in [2.45, 2.75) is 32.7 Å². The van der Waals surface area contributed by atoms with Gasteiger partial charge in [-0.1, -0.05) is 13.3 Å². The van der Waals surface area contributed by atoms with E-state index < -0.39 is 0 Å². The highest BCUT2D eigenvalue weighted by Crippen LogP contribution is 2.20. The molecule has 1 saturated heterocycles. The van der Waals surface area contributed by atoms with E-state index in [1.54, 1.807) is 6.33 Å². The van der Waals surface area contributed by atoms with E-state index in [0.717, 1.165) is 12.5 Å². The number of likely N-dealkylation sites (tertiary alicyclic amines) is 1. The van der Waals surface area contributed by atoms with Gasteiger partial charge in [0.25, 0.3) is 0 Å². The van der Waals surface area contributed by atoms with Gasteiger partial charge in [-0.25, -0.2) is 9.97 Å². The van der Waals surface area contributed by atoms with Crippen molar-refractivity contribution >= 4 is 0 Å². The van der Waals surface area contributed by atoms with E-state index in [0.29, 0.717) is 0 Å². The summed E-state index contributed by atoms with van der Waals surface area (Å²) < 4.78 is 0. The van der Waals surface area contributed by atoms with Crippen molar-refractivity contribution in [3.05, 3.63) is 24.3 Å². The van der Waals surface area contributed by atoms with E-state index >= 15 is 0 Å². The maximum Gasteiger partial charge on any atom is 0.115 e. The zero-order valence-corrected chi connectivity index (χ0v) is 9.39. The number of hydrogen-bond acceptors (Lipinski definition) is 3. The Morgan fingerprint density at radius 2 is 1.93 bits per heavy atom. The summed E-state index contributed by atoms with van der Waals surface area (Å²) in [6.45, 7) is 5.77. The van der Waals surface area contributed by atoms with Crippen LogP contribution in [0.15, 0.2) is 18.7 Å². The van der Waals surface area contributed by atoms with Gasteiger partial charge in [-0.15, -0.1) is 0 Å². The highest BCUT2D eigenvalue weighted by atomic mass is 15.1. The third-order valence-electron chi connectivity index (χ3n) is 3.30. The first-order chi connectivity index (χ1) is 7.38. The Bertz CT molecular complexity index is 278. The fraction of sp³-hybridized carbons (Fsp3) is 0.667. The average Bonchev–Trinajstić information content (AvgIpc) is 2.31. The van der Waals surface area contributed by atoms with E-state index in [2.05, 4.69) is 21.8 Å². The number of hydrogen-bond donors (Lipinski definition) is 0. The molecule has 2 heterocycles. The molecule has 0 spiro atoms. The SMILES string of the molecule is CCC1CCN(Cc2cncnc2)CC1. The molecule has 1 aromatic rings. The van der Waals surface area contributed by atoms with E-state index in [1.807, 2.05) is 12.4 Å². The van der Waals surface area contributed by atoms with Crippen LogP contribution in [-0.2, 0) is 6.54 Å². The Hall–Kier alpha value is -0.960. The third-order valence-corrected chi connectivity index (χ3v) is 3.30. The van der Waals surface area contributed by atoms with Crippen LogP contribution >= 0.6 is 0 Å². The molecule has 0 aliphatic carbocycles. The lowest BCUT2D eigenvalue weighted by atomic mass is 9.94. The van der Waals surface area contributed by atoms with E-state index in [1.165, 1.54) is 37.9 Å². The molecular weight excluding hydrogens is 186 g/mol. The lowest BCUT2D eigenvalue weighted by molar-refractivity contribution is 0.174. The zero-order valence-electron chi connectivity index (χ0n) is 9.39. The minimum absolute atomic E-state index is 0.952. The van der Waals surface area contributed by atoms with Crippen LogP contribution < -0.4 is 0 Å². The summed E-state index contributed by atoms with van der Waals surface area (Å²) in [5.74, 6) is 0.952. The molecule has 1 aliphatic rings. The first kappa shape index (κ1) is 10.6. The Labute approximate surface area is 91.5 Å². The van der Waals surface area contributed by atoms with Gasteiger partial charge in [-0.2, -0.15) is 0 Å². The van der Waals surface area contributed by atoms with Crippen LogP contribution in [0, 0.1) is 5.92 Å². The van der Waals surface area contributed by atoms with Crippen molar-refractivity contribution in [3.8, 4) is 0 Å². The Kier molecular flexibility index (Phi) is 3.67. The van der Waals surface area contributed by atoms with Crippen LogP contribution in [-0.4, -0.2) is 28.0 Å². The fourth-order valence-corrected chi connectivity index (χ4v) is 2.22.